The summed E-state index contributed by atoms with van der Waals surface area (Å²) in [4.78, 5) is 23.8. The first-order valence-corrected chi connectivity index (χ1v) is 6.40. The lowest BCUT2D eigenvalue weighted by atomic mass is 10.2. The van der Waals surface area contributed by atoms with E-state index >= 15 is 0 Å². The van der Waals surface area contributed by atoms with Crippen molar-refractivity contribution in [2.45, 2.75) is 26.9 Å². The van der Waals surface area contributed by atoms with Gasteiger partial charge in [-0.1, -0.05) is 0 Å². The van der Waals surface area contributed by atoms with Gasteiger partial charge in [-0.3, -0.25) is 24.7 Å². The van der Waals surface area contributed by atoms with E-state index in [-0.39, 0.29) is 11.4 Å². The van der Waals surface area contributed by atoms with Gasteiger partial charge in [-0.15, -0.1) is 0 Å². The number of nitro groups is 1. The molecule has 0 aromatic carbocycles. The van der Waals surface area contributed by atoms with Crippen LogP contribution in [-0.2, 0) is 13.1 Å². The van der Waals surface area contributed by atoms with Gasteiger partial charge in [0.1, 0.15) is 6.20 Å². The Morgan fingerprint density at radius 3 is 2.86 bits per heavy atom. The molecule has 0 bridgehead atoms. The minimum atomic E-state index is -0.634. The van der Waals surface area contributed by atoms with Crippen molar-refractivity contribution in [3.63, 3.8) is 0 Å². The number of rotatable bonds is 5. The van der Waals surface area contributed by atoms with Crippen molar-refractivity contribution in [2.24, 2.45) is 0 Å². The Bertz CT molecular complexity index is 674. The molecule has 0 aliphatic carbocycles. The van der Waals surface area contributed by atoms with Gasteiger partial charge in [0.05, 0.1) is 10.6 Å². The zero-order valence-electron chi connectivity index (χ0n) is 12.0. The van der Waals surface area contributed by atoms with Gasteiger partial charge < -0.3 is 4.90 Å². The molecule has 2 aromatic rings. The molecule has 1 N–H and O–H groups in total. The maximum absolute atomic E-state index is 12.2. The molecule has 112 valence electrons. The molecule has 0 unspecified atom stereocenters. The van der Waals surface area contributed by atoms with Crippen molar-refractivity contribution < 1.29 is 9.72 Å². The Balaban J connectivity index is 2.17. The van der Waals surface area contributed by atoms with Crippen molar-refractivity contribution in [2.75, 3.05) is 7.05 Å². The van der Waals surface area contributed by atoms with Gasteiger partial charge in [-0.2, -0.15) is 10.2 Å². The highest BCUT2D eigenvalue weighted by atomic mass is 16.6. The lowest BCUT2D eigenvalue weighted by molar-refractivity contribution is -0.385. The fourth-order valence-electron chi connectivity index (χ4n) is 1.97. The molecule has 2 heterocycles. The molecule has 0 aliphatic rings. The van der Waals surface area contributed by atoms with Gasteiger partial charge in [0.15, 0.2) is 0 Å². The summed E-state index contributed by atoms with van der Waals surface area (Å²) in [7, 11) is 1.58. The quantitative estimate of drug-likeness (QED) is 0.655. The summed E-state index contributed by atoms with van der Waals surface area (Å²) >= 11 is 0. The maximum atomic E-state index is 12.2. The number of carbonyl (C=O) groups is 1. The molecule has 0 saturated carbocycles. The third-order valence-electron chi connectivity index (χ3n) is 3.16. The molecule has 0 aliphatic heterocycles. The molecule has 0 spiro atoms. The van der Waals surface area contributed by atoms with Gasteiger partial charge >= 0.3 is 5.69 Å². The van der Waals surface area contributed by atoms with Crippen LogP contribution in [0.5, 0.6) is 0 Å². The van der Waals surface area contributed by atoms with Crippen LogP contribution in [0.1, 0.15) is 28.7 Å². The molecular formula is C12H16N6O3. The molecule has 0 radical (unpaired) electrons. The number of nitrogens with zero attached hydrogens (tertiary/aromatic N) is 5. The fraction of sp³-hybridized carbons (Fsp3) is 0.417. The second kappa shape index (κ2) is 5.73. The first-order valence-electron chi connectivity index (χ1n) is 6.40. The van der Waals surface area contributed by atoms with Crippen LogP contribution in [-0.4, -0.2) is 42.8 Å². The van der Waals surface area contributed by atoms with Crippen molar-refractivity contribution in [1.29, 1.82) is 0 Å². The van der Waals surface area contributed by atoms with Crippen molar-refractivity contribution in [3.8, 4) is 0 Å². The largest absolute Gasteiger partial charge is 0.336 e. The first kappa shape index (κ1) is 14.7. The number of amides is 1. The lowest BCUT2D eigenvalue weighted by Gasteiger charge is -2.15. The predicted octanol–water partition coefficient (Wildman–Crippen LogP) is 1.11. The van der Waals surface area contributed by atoms with E-state index in [9.17, 15) is 14.9 Å². The van der Waals surface area contributed by atoms with E-state index in [4.69, 9.17) is 0 Å². The Morgan fingerprint density at radius 2 is 2.29 bits per heavy atom. The van der Waals surface area contributed by atoms with Crippen LogP contribution in [0.15, 0.2) is 12.4 Å². The summed E-state index contributed by atoms with van der Waals surface area (Å²) in [5.41, 5.74) is 1.28. The normalized spacial score (nSPS) is 10.6. The third kappa shape index (κ3) is 2.91. The SMILES string of the molecule is CCn1cc(CN(C)C(=O)c2[nH]ncc2[N+](=O)[O-])c(C)n1. The summed E-state index contributed by atoms with van der Waals surface area (Å²) in [5, 5.41) is 21.1. The number of aromatic nitrogens is 4. The molecule has 1 amide bonds. The van der Waals surface area contributed by atoms with Gasteiger partial charge in [-0.05, 0) is 13.8 Å². The highest BCUT2D eigenvalue weighted by Crippen LogP contribution is 2.17. The van der Waals surface area contributed by atoms with E-state index in [1.807, 2.05) is 20.0 Å². The minimum Gasteiger partial charge on any atom is -0.336 e. The third-order valence-corrected chi connectivity index (χ3v) is 3.16. The lowest BCUT2D eigenvalue weighted by Crippen LogP contribution is -2.27. The van der Waals surface area contributed by atoms with Crippen LogP contribution in [0.25, 0.3) is 0 Å². The number of hydrogen-bond donors (Lipinski definition) is 1. The zero-order chi connectivity index (χ0) is 15.6. The molecule has 2 rings (SSSR count). The van der Waals surface area contributed by atoms with E-state index < -0.39 is 10.8 Å². The van der Waals surface area contributed by atoms with Crippen molar-refractivity contribution >= 4 is 11.6 Å². The number of nitrogens with one attached hydrogen (secondary N) is 1. The van der Waals surface area contributed by atoms with Crippen LogP contribution in [0.4, 0.5) is 5.69 Å². The Kier molecular flexibility index (Phi) is 4.01. The second-order valence-corrected chi connectivity index (χ2v) is 4.64. The van der Waals surface area contributed by atoms with E-state index in [2.05, 4.69) is 15.3 Å². The van der Waals surface area contributed by atoms with Gasteiger partial charge in [0, 0.05) is 31.9 Å². The Hall–Kier alpha value is -2.71. The average molecular weight is 292 g/mol. The smallest absolute Gasteiger partial charge is 0.319 e. The standard InChI is InChI=1S/C12H16N6O3/c1-4-17-7-9(8(2)15-17)6-16(3)12(19)11-10(18(20)21)5-13-14-11/h5,7H,4,6H2,1-3H3,(H,13,14). The van der Waals surface area contributed by atoms with Crippen molar-refractivity contribution in [1.82, 2.24) is 24.9 Å². The molecule has 9 heteroatoms. The number of H-pyrrole nitrogens is 1. The van der Waals surface area contributed by atoms with Gasteiger partial charge in [0.2, 0.25) is 5.69 Å². The summed E-state index contributed by atoms with van der Waals surface area (Å²) < 4.78 is 1.78. The molecule has 9 nitrogen and oxygen atoms in total. The molecule has 0 fully saturated rings. The summed E-state index contributed by atoms with van der Waals surface area (Å²) in [6.45, 7) is 4.89. The Morgan fingerprint density at radius 1 is 1.57 bits per heavy atom. The predicted molar refractivity (Wildman–Crippen MR) is 73.7 cm³/mol. The second-order valence-electron chi connectivity index (χ2n) is 4.64. The number of hydrogen-bond acceptors (Lipinski definition) is 5. The van der Waals surface area contributed by atoms with Crippen LogP contribution >= 0.6 is 0 Å². The van der Waals surface area contributed by atoms with Crippen LogP contribution < -0.4 is 0 Å². The molecule has 2 aromatic heterocycles. The fourth-order valence-corrected chi connectivity index (χ4v) is 1.97. The Labute approximate surface area is 120 Å². The maximum Gasteiger partial charge on any atom is 0.319 e. The molecule has 0 atom stereocenters. The summed E-state index contributed by atoms with van der Waals surface area (Å²) in [5.74, 6) is -0.483. The molecule has 21 heavy (non-hydrogen) atoms. The van der Waals surface area contributed by atoms with Gasteiger partial charge in [0.25, 0.3) is 5.91 Å². The van der Waals surface area contributed by atoms with E-state index in [1.54, 1.807) is 11.7 Å². The minimum absolute atomic E-state index is 0.122. The van der Waals surface area contributed by atoms with Crippen LogP contribution in [0.3, 0.4) is 0 Å². The number of aromatic amines is 1. The van der Waals surface area contributed by atoms with Crippen LogP contribution in [0, 0.1) is 17.0 Å². The van der Waals surface area contributed by atoms with Gasteiger partial charge in [-0.25, -0.2) is 0 Å². The summed E-state index contributed by atoms with van der Waals surface area (Å²) in [6.07, 6.45) is 2.89. The highest BCUT2D eigenvalue weighted by Gasteiger charge is 2.25. The summed E-state index contributed by atoms with van der Waals surface area (Å²) in [6, 6.07) is 0. The van der Waals surface area contributed by atoms with E-state index in [0.717, 1.165) is 24.0 Å². The topological polar surface area (TPSA) is 110 Å². The molecular weight excluding hydrogens is 276 g/mol. The van der Waals surface area contributed by atoms with Crippen molar-refractivity contribution in [3.05, 3.63) is 39.5 Å². The number of aryl methyl sites for hydroxylation is 2. The monoisotopic (exact) mass is 292 g/mol. The van der Waals surface area contributed by atoms with E-state index in [1.165, 1.54) is 4.90 Å². The zero-order valence-corrected chi connectivity index (χ0v) is 12.0. The van der Waals surface area contributed by atoms with Crippen LogP contribution in [0.2, 0.25) is 0 Å². The number of carbonyl (C=O) groups excluding carboxylic acids is 1. The van der Waals surface area contributed by atoms with E-state index in [0.29, 0.717) is 6.54 Å². The molecule has 0 saturated heterocycles. The first-order chi connectivity index (χ1) is 9.93. The average Bonchev–Trinajstić information content (AvgIpc) is 3.05. The highest BCUT2D eigenvalue weighted by molar-refractivity contribution is 5.95.